The molecule has 0 aliphatic heterocycles. The van der Waals surface area contributed by atoms with Gasteiger partial charge in [0, 0.05) is 6.42 Å². The summed E-state index contributed by atoms with van der Waals surface area (Å²) in [5.41, 5.74) is 9.25. The van der Waals surface area contributed by atoms with Gasteiger partial charge in [0.1, 0.15) is 31.9 Å². The topological polar surface area (TPSA) is 129 Å². The molecule has 4 rings (SSSR count). The first-order valence-corrected chi connectivity index (χ1v) is 15.3. The SMILES string of the molecule is CC(C)C[C@H](NC(=O)OCc1ccccc1)C(=O)N[C@H](Cc1ccc(OCc2ccccc2)c(OCc2ccccc2)c1)C(N)=O. The van der Waals surface area contributed by atoms with Gasteiger partial charge in [-0.3, -0.25) is 9.59 Å². The molecule has 4 aromatic rings. The summed E-state index contributed by atoms with van der Waals surface area (Å²) in [4.78, 5) is 38.5. The van der Waals surface area contributed by atoms with E-state index in [1.807, 2.05) is 111 Å². The molecule has 0 aliphatic carbocycles. The quantitative estimate of drug-likeness (QED) is 0.147. The average molecular weight is 624 g/mol. The van der Waals surface area contributed by atoms with Crippen LogP contribution in [0.3, 0.4) is 0 Å². The molecule has 0 unspecified atom stereocenters. The van der Waals surface area contributed by atoms with Crippen LogP contribution in [0.4, 0.5) is 4.79 Å². The Morgan fingerprint density at radius 1 is 0.630 bits per heavy atom. The van der Waals surface area contributed by atoms with E-state index in [0.29, 0.717) is 36.7 Å². The van der Waals surface area contributed by atoms with E-state index >= 15 is 0 Å². The van der Waals surface area contributed by atoms with Crippen LogP contribution < -0.4 is 25.8 Å². The minimum Gasteiger partial charge on any atom is -0.485 e. The largest absolute Gasteiger partial charge is 0.485 e. The molecule has 9 heteroatoms. The van der Waals surface area contributed by atoms with Gasteiger partial charge < -0.3 is 30.6 Å². The van der Waals surface area contributed by atoms with Crippen molar-refractivity contribution >= 4 is 17.9 Å². The van der Waals surface area contributed by atoms with Crippen LogP contribution >= 0.6 is 0 Å². The number of nitrogens with one attached hydrogen (secondary N) is 2. The monoisotopic (exact) mass is 623 g/mol. The molecular formula is C37H41N3O6. The number of carbonyl (C=O) groups excluding carboxylic acids is 3. The lowest BCUT2D eigenvalue weighted by molar-refractivity contribution is -0.128. The van der Waals surface area contributed by atoms with Gasteiger partial charge in [0.15, 0.2) is 11.5 Å². The van der Waals surface area contributed by atoms with Crippen LogP contribution in [0.5, 0.6) is 11.5 Å². The number of alkyl carbamates (subject to hydrolysis) is 1. The van der Waals surface area contributed by atoms with E-state index in [-0.39, 0.29) is 18.9 Å². The van der Waals surface area contributed by atoms with Crippen molar-refractivity contribution in [2.24, 2.45) is 11.7 Å². The van der Waals surface area contributed by atoms with Crippen molar-refractivity contribution in [3.63, 3.8) is 0 Å². The van der Waals surface area contributed by atoms with Gasteiger partial charge in [0.25, 0.3) is 0 Å². The smallest absolute Gasteiger partial charge is 0.408 e. The lowest BCUT2D eigenvalue weighted by atomic mass is 10.0. The maximum absolute atomic E-state index is 13.4. The molecule has 0 saturated heterocycles. The van der Waals surface area contributed by atoms with Crippen LogP contribution in [0.1, 0.15) is 42.5 Å². The van der Waals surface area contributed by atoms with Crippen LogP contribution in [-0.2, 0) is 40.6 Å². The second kappa shape index (κ2) is 17.2. The summed E-state index contributed by atoms with van der Waals surface area (Å²) < 4.78 is 17.6. The first-order chi connectivity index (χ1) is 22.3. The molecule has 4 aromatic carbocycles. The Morgan fingerprint density at radius 3 is 1.67 bits per heavy atom. The molecule has 0 radical (unpaired) electrons. The summed E-state index contributed by atoms with van der Waals surface area (Å²) in [6.07, 6.45) is -0.288. The minimum absolute atomic E-state index is 0.0618. The molecule has 0 fully saturated rings. The molecule has 9 nitrogen and oxygen atoms in total. The number of amides is 3. The van der Waals surface area contributed by atoms with Crippen molar-refractivity contribution in [3.8, 4) is 11.5 Å². The van der Waals surface area contributed by atoms with Crippen molar-refractivity contribution in [1.82, 2.24) is 10.6 Å². The molecule has 2 atom stereocenters. The molecule has 46 heavy (non-hydrogen) atoms. The zero-order valence-electron chi connectivity index (χ0n) is 26.2. The van der Waals surface area contributed by atoms with E-state index in [9.17, 15) is 14.4 Å². The average Bonchev–Trinajstić information content (AvgIpc) is 3.06. The zero-order chi connectivity index (χ0) is 32.7. The molecule has 4 N–H and O–H groups in total. The Labute approximate surface area is 270 Å². The first-order valence-electron chi connectivity index (χ1n) is 15.3. The van der Waals surface area contributed by atoms with Crippen LogP contribution in [0, 0.1) is 5.92 Å². The Morgan fingerprint density at radius 2 is 1.15 bits per heavy atom. The third-order valence-corrected chi connectivity index (χ3v) is 7.11. The standard InChI is InChI=1S/C37H41N3O6/c1-26(2)20-32(40-37(43)46-25-29-16-10-5-11-17-29)36(42)39-31(35(38)41)21-30-18-19-33(44-23-27-12-6-3-7-13-27)34(22-30)45-24-28-14-8-4-9-15-28/h3-19,22,26,31-32H,20-21,23-25H2,1-2H3,(H2,38,41)(H,39,42)(H,40,43)/t31-,32+/m1/s1. The van der Waals surface area contributed by atoms with Gasteiger partial charge in [0.05, 0.1) is 0 Å². The van der Waals surface area contributed by atoms with E-state index < -0.39 is 30.0 Å². The molecular weight excluding hydrogens is 582 g/mol. The summed E-state index contributed by atoms with van der Waals surface area (Å²) in [7, 11) is 0. The van der Waals surface area contributed by atoms with Gasteiger partial charge >= 0.3 is 6.09 Å². The highest BCUT2D eigenvalue weighted by Crippen LogP contribution is 2.30. The fourth-order valence-electron chi connectivity index (χ4n) is 4.72. The van der Waals surface area contributed by atoms with Gasteiger partial charge in [-0.25, -0.2) is 4.79 Å². The van der Waals surface area contributed by atoms with Gasteiger partial charge in [-0.05, 0) is 46.7 Å². The van der Waals surface area contributed by atoms with Crippen molar-refractivity contribution in [2.75, 3.05) is 0 Å². The molecule has 0 saturated carbocycles. The van der Waals surface area contributed by atoms with Crippen molar-refractivity contribution in [3.05, 3.63) is 131 Å². The second-order valence-corrected chi connectivity index (χ2v) is 11.4. The van der Waals surface area contributed by atoms with Crippen molar-refractivity contribution in [2.45, 2.75) is 58.6 Å². The Kier molecular flexibility index (Phi) is 12.6. The lowest BCUT2D eigenvalue weighted by Gasteiger charge is -2.23. The van der Waals surface area contributed by atoms with Gasteiger partial charge in [-0.2, -0.15) is 0 Å². The maximum Gasteiger partial charge on any atom is 0.408 e. The molecule has 0 aliphatic rings. The highest BCUT2D eigenvalue weighted by molar-refractivity contribution is 5.90. The van der Waals surface area contributed by atoms with E-state index in [4.69, 9.17) is 19.9 Å². The number of hydrogen-bond acceptors (Lipinski definition) is 6. The number of primary amides is 1. The number of ether oxygens (including phenoxy) is 3. The lowest BCUT2D eigenvalue weighted by Crippen LogP contribution is -2.54. The summed E-state index contributed by atoms with van der Waals surface area (Å²) in [6, 6.07) is 32.2. The molecule has 0 bridgehead atoms. The van der Waals surface area contributed by atoms with E-state index in [1.54, 1.807) is 12.1 Å². The number of hydrogen-bond donors (Lipinski definition) is 3. The maximum atomic E-state index is 13.4. The third kappa shape index (κ3) is 11.0. The van der Waals surface area contributed by atoms with Crippen LogP contribution in [0.2, 0.25) is 0 Å². The van der Waals surface area contributed by atoms with Crippen molar-refractivity contribution < 1.29 is 28.6 Å². The number of rotatable bonds is 16. The number of nitrogens with two attached hydrogens (primary N) is 1. The second-order valence-electron chi connectivity index (χ2n) is 11.4. The predicted octanol–water partition coefficient (Wildman–Crippen LogP) is 5.70. The predicted molar refractivity (Wildman–Crippen MR) is 176 cm³/mol. The Balaban J connectivity index is 1.45. The fraction of sp³-hybridized carbons (Fsp3) is 0.270. The van der Waals surface area contributed by atoms with Crippen LogP contribution in [-0.4, -0.2) is 30.0 Å². The molecule has 240 valence electrons. The number of benzene rings is 4. The highest BCUT2D eigenvalue weighted by atomic mass is 16.5. The third-order valence-electron chi connectivity index (χ3n) is 7.11. The molecule has 0 spiro atoms. The summed E-state index contributed by atoms with van der Waals surface area (Å²) in [6.45, 7) is 4.58. The fourth-order valence-corrected chi connectivity index (χ4v) is 4.72. The van der Waals surface area contributed by atoms with E-state index in [2.05, 4.69) is 10.6 Å². The minimum atomic E-state index is -1.04. The normalized spacial score (nSPS) is 12.1. The Hall–Kier alpha value is -5.31. The molecule has 0 aromatic heterocycles. The number of carbonyl (C=O) groups is 3. The molecule has 3 amide bonds. The highest BCUT2D eigenvalue weighted by Gasteiger charge is 2.27. The van der Waals surface area contributed by atoms with Crippen LogP contribution in [0.15, 0.2) is 109 Å². The Bertz CT molecular complexity index is 1550. The summed E-state index contributed by atoms with van der Waals surface area (Å²) in [5.74, 6) is -0.132. The van der Waals surface area contributed by atoms with Crippen molar-refractivity contribution in [1.29, 1.82) is 0 Å². The first kappa shape index (κ1) is 33.6. The van der Waals surface area contributed by atoms with Gasteiger partial charge in [-0.1, -0.05) is 111 Å². The van der Waals surface area contributed by atoms with Gasteiger partial charge in [0.2, 0.25) is 11.8 Å². The molecule has 0 heterocycles. The van der Waals surface area contributed by atoms with Crippen LogP contribution in [0.25, 0.3) is 0 Å². The van der Waals surface area contributed by atoms with E-state index in [0.717, 1.165) is 16.7 Å². The van der Waals surface area contributed by atoms with E-state index in [1.165, 1.54) is 0 Å². The zero-order valence-corrected chi connectivity index (χ0v) is 26.2. The van der Waals surface area contributed by atoms with Gasteiger partial charge in [-0.15, -0.1) is 0 Å². The summed E-state index contributed by atoms with van der Waals surface area (Å²) in [5, 5.41) is 5.37. The summed E-state index contributed by atoms with van der Waals surface area (Å²) >= 11 is 0.